The molecule has 6 nitrogen and oxygen atoms in total. The molecule has 0 aliphatic carbocycles. The van der Waals surface area contributed by atoms with Crippen molar-refractivity contribution in [1.29, 1.82) is 0 Å². The van der Waals surface area contributed by atoms with Gasteiger partial charge < -0.3 is 15.7 Å². The highest BCUT2D eigenvalue weighted by atomic mass is 32.2. The number of hydrogen-bond donors (Lipinski definition) is 2. The predicted molar refractivity (Wildman–Crippen MR) is 61.3 cm³/mol. The van der Waals surface area contributed by atoms with Gasteiger partial charge in [-0.05, 0) is 20.8 Å². The fraction of sp³-hybridized carbons (Fsp3) is 0.700. The van der Waals surface area contributed by atoms with E-state index in [0.717, 1.165) is 0 Å². The van der Waals surface area contributed by atoms with Gasteiger partial charge in [0.2, 0.25) is 0 Å². The number of aliphatic carboxylic acids is 1. The summed E-state index contributed by atoms with van der Waals surface area (Å²) in [5.74, 6) is -2.07. The molecule has 7 heteroatoms. The van der Waals surface area contributed by atoms with Crippen LogP contribution in [0.25, 0.3) is 0 Å². The number of fused-ring (bicyclic) bond motifs is 1. The van der Waals surface area contributed by atoms with Crippen LogP contribution in [0.3, 0.4) is 0 Å². The molecule has 2 aliphatic rings. The van der Waals surface area contributed by atoms with Gasteiger partial charge in [-0.3, -0.25) is 9.59 Å². The molecule has 3 atom stereocenters. The molecule has 0 aromatic heterocycles. The number of nitrogens with two attached hydrogens (primary N) is 1. The fourth-order valence-corrected chi connectivity index (χ4v) is 4.11. The second-order valence-corrected chi connectivity index (χ2v) is 6.69. The van der Waals surface area contributed by atoms with Crippen molar-refractivity contribution < 1.29 is 19.5 Å². The van der Waals surface area contributed by atoms with Crippen molar-refractivity contribution in [1.82, 2.24) is 4.90 Å². The summed E-state index contributed by atoms with van der Waals surface area (Å²) >= 11 is 1.27. The van der Waals surface area contributed by atoms with Crippen LogP contribution in [0, 0.1) is 0 Å². The monoisotopic (exact) mass is 258 g/mol. The van der Waals surface area contributed by atoms with E-state index in [1.807, 2.05) is 0 Å². The summed E-state index contributed by atoms with van der Waals surface area (Å²) in [6, 6.07) is -0.930. The van der Waals surface area contributed by atoms with Crippen LogP contribution >= 0.6 is 11.8 Å². The summed E-state index contributed by atoms with van der Waals surface area (Å²) in [6.07, 6.45) is 0. The third-order valence-electron chi connectivity index (χ3n) is 3.40. The van der Waals surface area contributed by atoms with Crippen molar-refractivity contribution in [3.8, 4) is 0 Å². The molecule has 0 bridgehead atoms. The van der Waals surface area contributed by atoms with Crippen molar-refractivity contribution in [2.45, 2.75) is 42.5 Å². The normalized spacial score (nSPS) is 38.6. The van der Waals surface area contributed by atoms with E-state index in [9.17, 15) is 14.4 Å². The summed E-state index contributed by atoms with van der Waals surface area (Å²) < 4.78 is -0.650. The summed E-state index contributed by atoms with van der Waals surface area (Å²) in [4.78, 5) is 35.8. The number of ketones is 1. The molecule has 0 aromatic rings. The van der Waals surface area contributed by atoms with Crippen LogP contribution in [0.15, 0.2) is 0 Å². The Morgan fingerprint density at radius 2 is 2.00 bits per heavy atom. The zero-order valence-corrected chi connectivity index (χ0v) is 10.6. The van der Waals surface area contributed by atoms with Gasteiger partial charge in [0, 0.05) is 4.75 Å². The number of rotatable bonds is 2. The quantitative estimate of drug-likeness (QED) is 0.507. The van der Waals surface area contributed by atoms with Crippen molar-refractivity contribution in [3.05, 3.63) is 0 Å². The molecular formula is C10H14N2O4S. The Morgan fingerprint density at radius 1 is 1.47 bits per heavy atom. The number of carbonyl (C=O) groups excluding carboxylic acids is 2. The van der Waals surface area contributed by atoms with Gasteiger partial charge in [-0.1, -0.05) is 0 Å². The van der Waals surface area contributed by atoms with Crippen molar-refractivity contribution in [2.24, 2.45) is 5.73 Å². The SMILES string of the molecule is CC(=O)C1(N)C(=O)N2[C@@H](C(=O)O)C(C)(C)S[C@@H]21. The van der Waals surface area contributed by atoms with Crippen LogP contribution in [0.2, 0.25) is 0 Å². The number of carbonyl (C=O) groups is 3. The lowest BCUT2D eigenvalue weighted by Crippen LogP contribution is -2.80. The van der Waals surface area contributed by atoms with Gasteiger partial charge in [0.25, 0.3) is 5.91 Å². The van der Waals surface area contributed by atoms with Gasteiger partial charge in [-0.2, -0.15) is 0 Å². The molecule has 0 aromatic carbocycles. The van der Waals surface area contributed by atoms with Gasteiger partial charge in [0.1, 0.15) is 11.4 Å². The van der Waals surface area contributed by atoms with E-state index in [-0.39, 0.29) is 0 Å². The summed E-state index contributed by atoms with van der Waals surface area (Å²) in [6.45, 7) is 4.74. The van der Waals surface area contributed by atoms with Crippen LogP contribution in [-0.2, 0) is 14.4 Å². The van der Waals surface area contributed by atoms with E-state index < -0.39 is 39.4 Å². The molecule has 3 N–H and O–H groups in total. The first-order valence-electron chi connectivity index (χ1n) is 5.17. The first-order valence-corrected chi connectivity index (χ1v) is 6.05. The molecule has 1 amide bonds. The van der Waals surface area contributed by atoms with E-state index in [1.165, 1.54) is 23.6 Å². The third-order valence-corrected chi connectivity index (χ3v) is 5.05. The van der Waals surface area contributed by atoms with E-state index in [0.29, 0.717) is 0 Å². The molecule has 2 aliphatic heterocycles. The van der Waals surface area contributed by atoms with Gasteiger partial charge in [-0.25, -0.2) is 4.79 Å². The molecule has 17 heavy (non-hydrogen) atoms. The third kappa shape index (κ3) is 1.29. The summed E-state index contributed by atoms with van der Waals surface area (Å²) in [5, 5.41) is 8.60. The van der Waals surface area contributed by atoms with Crippen molar-refractivity contribution in [3.63, 3.8) is 0 Å². The predicted octanol–water partition coefficient (Wildman–Crippen LogP) is -0.580. The van der Waals surface area contributed by atoms with E-state index in [4.69, 9.17) is 10.8 Å². The van der Waals surface area contributed by atoms with E-state index >= 15 is 0 Å². The minimum atomic E-state index is -1.55. The van der Waals surface area contributed by atoms with Gasteiger partial charge in [-0.15, -0.1) is 11.8 Å². The number of carboxylic acids is 1. The second kappa shape index (κ2) is 3.23. The minimum absolute atomic E-state index is 0.418. The molecule has 2 rings (SSSR count). The zero-order valence-electron chi connectivity index (χ0n) is 9.76. The highest BCUT2D eigenvalue weighted by Crippen LogP contribution is 2.54. The Morgan fingerprint density at radius 3 is 2.41 bits per heavy atom. The average Bonchev–Trinajstić information content (AvgIpc) is 2.46. The van der Waals surface area contributed by atoms with Crippen molar-refractivity contribution in [2.75, 3.05) is 0 Å². The maximum atomic E-state index is 11.9. The number of Topliss-reactive ketones (excluding diaryl/α,β-unsaturated/α-hetero) is 1. The molecule has 0 saturated carbocycles. The van der Waals surface area contributed by atoms with E-state index in [2.05, 4.69) is 0 Å². The standard InChI is InChI=1S/C10H14N2O4S/c1-4(13)10(11)7(16)12-5(6(14)15)9(2,3)17-8(10)12/h5,8H,11H2,1-3H3,(H,14,15)/t5-,8+,10?/m0/s1. The maximum Gasteiger partial charge on any atom is 0.327 e. The van der Waals surface area contributed by atoms with Crippen LogP contribution in [0.1, 0.15) is 20.8 Å². The summed E-state index contributed by atoms with van der Waals surface area (Å²) in [7, 11) is 0. The lowest BCUT2D eigenvalue weighted by atomic mass is 9.82. The Balaban J connectivity index is 2.41. The number of hydrogen-bond acceptors (Lipinski definition) is 5. The number of thioether (sulfide) groups is 1. The molecule has 0 spiro atoms. The highest BCUT2D eigenvalue weighted by molar-refractivity contribution is 8.01. The number of β-lactam (4-membered cyclic amide) rings is 1. The van der Waals surface area contributed by atoms with Crippen LogP contribution in [0.5, 0.6) is 0 Å². The second-order valence-electron chi connectivity index (χ2n) is 4.95. The average molecular weight is 258 g/mol. The first kappa shape index (κ1) is 12.4. The molecule has 2 heterocycles. The Labute approximate surface area is 103 Å². The fourth-order valence-electron chi connectivity index (χ4n) is 2.41. The number of amides is 1. The Hall–Kier alpha value is -1.08. The largest absolute Gasteiger partial charge is 0.480 e. The Kier molecular flexibility index (Phi) is 2.35. The molecule has 94 valence electrons. The van der Waals surface area contributed by atoms with Crippen LogP contribution in [-0.4, -0.2) is 49.4 Å². The molecule has 2 fully saturated rings. The number of nitrogens with zero attached hydrogens (tertiary/aromatic N) is 1. The lowest BCUT2D eigenvalue weighted by molar-refractivity contribution is -0.168. The van der Waals surface area contributed by atoms with Crippen molar-refractivity contribution >= 4 is 29.4 Å². The number of carboxylic acid groups (broad SMARTS) is 1. The topological polar surface area (TPSA) is 101 Å². The molecular weight excluding hydrogens is 244 g/mol. The molecule has 0 radical (unpaired) electrons. The molecule has 1 unspecified atom stereocenters. The minimum Gasteiger partial charge on any atom is -0.480 e. The summed E-state index contributed by atoms with van der Waals surface area (Å²) in [5.41, 5.74) is 4.25. The van der Waals surface area contributed by atoms with Crippen LogP contribution < -0.4 is 5.73 Å². The maximum absolute atomic E-state index is 11.9. The lowest BCUT2D eigenvalue weighted by Gasteiger charge is -2.49. The zero-order chi connectivity index (χ0) is 13.2. The smallest absolute Gasteiger partial charge is 0.327 e. The molecule has 2 saturated heterocycles. The van der Waals surface area contributed by atoms with Gasteiger partial charge in [0.05, 0.1) is 0 Å². The van der Waals surface area contributed by atoms with Gasteiger partial charge in [0.15, 0.2) is 11.3 Å². The Bertz CT molecular complexity index is 436. The van der Waals surface area contributed by atoms with Crippen LogP contribution in [0.4, 0.5) is 0 Å². The highest BCUT2D eigenvalue weighted by Gasteiger charge is 2.71. The first-order chi connectivity index (χ1) is 7.64. The van der Waals surface area contributed by atoms with E-state index in [1.54, 1.807) is 13.8 Å². The van der Waals surface area contributed by atoms with Gasteiger partial charge >= 0.3 is 5.97 Å².